The number of nitrogens with one attached hydrogen (secondary N) is 2. The largest absolute Gasteiger partial charge is 0.351 e. The molecular weight excluding hydrogens is 526 g/mol. The van der Waals surface area contributed by atoms with Gasteiger partial charge in [0.25, 0.3) is 0 Å². The van der Waals surface area contributed by atoms with Crippen LogP contribution in [0.4, 0.5) is 11.4 Å². The summed E-state index contributed by atoms with van der Waals surface area (Å²) in [7, 11) is 0. The van der Waals surface area contributed by atoms with Crippen LogP contribution < -0.4 is 15.5 Å². The maximum absolute atomic E-state index is 12.3. The number of nitrogens with zero attached hydrogens (tertiary/aromatic N) is 3. The number of aromatic nitrogens is 2. The van der Waals surface area contributed by atoms with E-state index >= 15 is 0 Å². The Hall–Kier alpha value is -3.68. The second-order valence-electron chi connectivity index (χ2n) is 10.3. The smallest absolute Gasteiger partial charge is 0.226 e. The Labute approximate surface area is 240 Å². The van der Waals surface area contributed by atoms with Crippen LogP contribution in [0.5, 0.6) is 0 Å². The number of carbonyl (C=O) groups excluding carboxylic acids is 1. The molecule has 1 amide bonds. The second-order valence-corrected chi connectivity index (χ2v) is 11.1. The van der Waals surface area contributed by atoms with Crippen molar-refractivity contribution >= 4 is 46.2 Å². The molecule has 0 bridgehead atoms. The van der Waals surface area contributed by atoms with Crippen LogP contribution in [0.2, 0.25) is 5.02 Å². The average Bonchev–Trinajstić information content (AvgIpc) is 3.40. The van der Waals surface area contributed by atoms with Gasteiger partial charge in [-0.25, -0.2) is 0 Å². The maximum atomic E-state index is 12.3. The molecule has 4 aromatic rings. The first-order chi connectivity index (χ1) is 18.7. The zero-order valence-electron chi connectivity index (χ0n) is 22.7. The fourth-order valence-electron chi connectivity index (χ4n) is 5.23. The first-order valence-electron chi connectivity index (χ1n) is 13.0. The summed E-state index contributed by atoms with van der Waals surface area (Å²) >= 11 is 12.6. The Bertz CT molecular complexity index is 1550. The molecule has 8 heteroatoms. The second kappa shape index (κ2) is 10.8. The lowest BCUT2D eigenvalue weighted by Gasteiger charge is -2.28. The Balaban J connectivity index is 1.62. The van der Waals surface area contributed by atoms with Gasteiger partial charge < -0.3 is 20.1 Å². The molecule has 2 aromatic carbocycles. The van der Waals surface area contributed by atoms with Crippen molar-refractivity contribution in [3.63, 3.8) is 0 Å². The molecule has 200 valence electrons. The molecule has 0 spiro atoms. The zero-order valence-corrected chi connectivity index (χ0v) is 24.3. The standard InChI is InChI=1S/C31H32ClN5OS/c1-18(2)30(38)34-26-13-12-23(17-25(26)32)37-29(28(35-31(37)39)27-11-6-7-14-33-27)24-16-20(4)36(21(24)5)22-10-8-9-19(3)15-22/h6-18,28-29H,1-5H3,(H,34,38)(H,35,39)/t28-,29-/m0/s1. The van der Waals surface area contributed by atoms with Gasteiger partial charge in [0, 0.05) is 34.9 Å². The summed E-state index contributed by atoms with van der Waals surface area (Å²) in [4.78, 5) is 19.1. The number of pyridine rings is 1. The molecule has 6 nitrogen and oxygen atoms in total. The average molecular weight is 558 g/mol. The van der Waals surface area contributed by atoms with E-state index < -0.39 is 0 Å². The van der Waals surface area contributed by atoms with Crippen LogP contribution in [0.25, 0.3) is 5.69 Å². The van der Waals surface area contributed by atoms with Gasteiger partial charge in [0.15, 0.2) is 5.11 Å². The molecule has 2 N–H and O–H groups in total. The Morgan fingerprint density at radius 1 is 1.03 bits per heavy atom. The molecule has 0 radical (unpaired) electrons. The first kappa shape index (κ1) is 26.9. The third-order valence-corrected chi connectivity index (χ3v) is 7.79. The zero-order chi connectivity index (χ0) is 27.8. The maximum Gasteiger partial charge on any atom is 0.226 e. The molecule has 1 aliphatic heterocycles. The van der Waals surface area contributed by atoms with Gasteiger partial charge in [0.2, 0.25) is 5.91 Å². The SMILES string of the molecule is Cc1cccc(-n2c(C)cc([C@H]3[C@H](c4ccccn4)NC(=S)N3c3ccc(NC(=O)C(C)C)c(Cl)c3)c2C)c1. The van der Waals surface area contributed by atoms with E-state index in [1.807, 2.05) is 50.2 Å². The molecule has 5 rings (SSSR count). The summed E-state index contributed by atoms with van der Waals surface area (Å²) in [6.07, 6.45) is 1.80. The highest BCUT2D eigenvalue weighted by atomic mass is 35.5. The summed E-state index contributed by atoms with van der Waals surface area (Å²) in [5, 5.41) is 7.48. The Kier molecular flexibility index (Phi) is 7.47. The van der Waals surface area contributed by atoms with Crippen molar-refractivity contribution in [2.45, 2.75) is 46.7 Å². The summed E-state index contributed by atoms with van der Waals surface area (Å²) in [6.45, 7) is 10.1. The van der Waals surface area contributed by atoms with Crippen molar-refractivity contribution in [1.82, 2.24) is 14.9 Å². The molecule has 3 heterocycles. The van der Waals surface area contributed by atoms with Gasteiger partial charge in [0.05, 0.1) is 28.5 Å². The van der Waals surface area contributed by atoms with Crippen LogP contribution in [-0.4, -0.2) is 20.6 Å². The van der Waals surface area contributed by atoms with Gasteiger partial charge in [0.1, 0.15) is 0 Å². The monoisotopic (exact) mass is 557 g/mol. The Morgan fingerprint density at radius 3 is 2.49 bits per heavy atom. The summed E-state index contributed by atoms with van der Waals surface area (Å²) in [5.74, 6) is -0.233. The number of halogens is 1. The third kappa shape index (κ3) is 5.16. The van der Waals surface area contributed by atoms with Crippen molar-refractivity contribution in [3.05, 3.63) is 106 Å². The lowest BCUT2D eigenvalue weighted by Crippen LogP contribution is -2.29. The summed E-state index contributed by atoms with van der Waals surface area (Å²) in [6, 6.07) is 22.0. The molecule has 0 aliphatic carbocycles. The number of anilines is 2. The van der Waals surface area contributed by atoms with Gasteiger partial charge >= 0.3 is 0 Å². The van der Waals surface area contributed by atoms with Gasteiger partial charge in [-0.15, -0.1) is 0 Å². The van der Waals surface area contributed by atoms with Crippen molar-refractivity contribution in [2.75, 3.05) is 10.2 Å². The molecule has 2 aromatic heterocycles. The van der Waals surface area contributed by atoms with Crippen LogP contribution in [0.15, 0.2) is 72.9 Å². The quantitative estimate of drug-likeness (QED) is 0.245. The number of aryl methyl sites for hydroxylation is 2. The number of amides is 1. The minimum absolute atomic E-state index is 0.0836. The number of benzene rings is 2. The molecule has 39 heavy (non-hydrogen) atoms. The van der Waals surface area contributed by atoms with Crippen molar-refractivity contribution < 1.29 is 4.79 Å². The number of hydrogen-bond donors (Lipinski definition) is 2. The highest BCUT2D eigenvalue weighted by Crippen LogP contribution is 2.44. The van der Waals surface area contributed by atoms with Crippen LogP contribution in [-0.2, 0) is 4.79 Å². The van der Waals surface area contributed by atoms with Gasteiger partial charge in [-0.3, -0.25) is 9.78 Å². The van der Waals surface area contributed by atoms with Crippen LogP contribution in [0.3, 0.4) is 0 Å². The number of carbonyl (C=O) groups is 1. The minimum Gasteiger partial charge on any atom is -0.351 e. The van der Waals surface area contributed by atoms with E-state index in [2.05, 4.69) is 76.2 Å². The molecule has 0 saturated carbocycles. The minimum atomic E-state index is -0.177. The van der Waals surface area contributed by atoms with E-state index in [4.69, 9.17) is 23.8 Å². The lowest BCUT2D eigenvalue weighted by atomic mass is 9.96. The predicted octanol–water partition coefficient (Wildman–Crippen LogP) is 7.22. The molecule has 1 saturated heterocycles. The summed E-state index contributed by atoms with van der Waals surface area (Å²) < 4.78 is 2.29. The number of hydrogen-bond acceptors (Lipinski definition) is 3. The van der Waals surface area contributed by atoms with E-state index in [0.717, 1.165) is 34.0 Å². The lowest BCUT2D eigenvalue weighted by molar-refractivity contribution is -0.118. The van der Waals surface area contributed by atoms with E-state index in [1.165, 1.54) is 5.56 Å². The molecule has 1 fully saturated rings. The molecular formula is C31H32ClN5OS. The third-order valence-electron chi connectivity index (χ3n) is 7.16. The highest BCUT2D eigenvalue weighted by molar-refractivity contribution is 7.80. The van der Waals surface area contributed by atoms with Crippen molar-refractivity contribution in [3.8, 4) is 5.69 Å². The van der Waals surface area contributed by atoms with Crippen molar-refractivity contribution in [2.24, 2.45) is 5.92 Å². The fraction of sp³-hybridized carbons (Fsp3) is 0.258. The predicted molar refractivity (Wildman–Crippen MR) is 163 cm³/mol. The van der Waals surface area contributed by atoms with Crippen molar-refractivity contribution in [1.29, 1.82) is 0 Å². The highest BCUT2D eigenvalue weighted by Gasteiger charge is 2.42. The number of thiocarbonyl (C=S) groups is 1. The van der Waals surface area contributed by atoms with Gasteiger partial charge in [-0.2, -0.15) is 0 Å². The van der Waals surface area contributed by atoms with E-state index in [1.54, 1.807) is 6.20 Å². The van der Waals surface area contributed by atoms with Crippen LogP contribution >= 0.6 is 23.8 Å². The van der Waals surface area contributed by atoms with Crippen LogP contribution in [0, 0.1) is 26.7 Å². The Morgan fingerprint density at radius 2 is 1.82 bits per heavy atom. The summed E-state index contributed by atoms with van der Waals surface area (Å²) in [5.41, 5.74) is 8.06. The molecule has 1 aliphatic rings. The van der Waals surface area contributed by atoms with Gasteiger partial charge in [-0.1, -0.05) is 43.6 Å². The van der Waals surface area contributed by atoms with Crippen LogP contribution in [0.1, 0.15) is 54.1 Å². The van der Waals surface area contributed by atoms with E-state index in [9.17, 15) is 4.79 Å². The number of rotatable bonds is 6. The fourth-order valence-corrected chi connectivity index (χ4v) is 5.80. The molecule has 0 unspecified atom stereocenters. The van der Waals surface area contributed by atoms with E-state index in [0.29, 0.717) is 15.8 Å². The van der Waals surface area contributed by atoms with E-state index in [-0.39, 0.29) is 23.9 Å². The normalized spacial score (nSPS) is 17.0. The first-order valence-corrected chi connectivity index (χ1v) is 13.8. The molecule has 2 atom stereocenters. The topological polar surface area (TPSA) is 62.2 Å². The van der Waals surface area contributed by atoms with Gasteiger partial charge in [-0.05, 0) is 92.6 Å².